The largest absolute Gasteiger partial charge is 0.321 e. The van der Waals surface area contributed by atoms with Crippen LogP contribution in [0.15, 0.2) is 45.3 Å². The van der Waals surface area contributed by atoms with Gasteiger partial charge in [0.25, 0.3) is 11.6 Å². The van der Waals surface area contributed by atoms with E-state index in [1.165, 1.54) is 30.3 Å². The molecule has 2 rings (SSSR count). The Morgan fingerprint density at radius 1 is 1.24 bits per heavy atom. The average molecular weight is 418 g/mol. The van der Waals surface area contributed by atoms with Crippen LogP contribution in [0, 0.1) is 15.9 Å². The Balaban J connectivity index is 2.35. The Morgan fingerprint density at radius 2 is 1.95 bits per heavy atom. The van der Waals surface area contributed by atoms with Crippen LogP contribution in [-0.2, 0) is 0 Å². The monoisotopic (exact) mass is 416 g/mol. The fourth-order valence-electron chi connectivity index (χ4n) is 1.62. The number of carbonyl (C=O) groups is 1. The van der Waals surface area contributed by atoms with E-state index in [1.807, 2.05) is 0 Å². The minimum absolute atomic E-state index is 0.0695. The van der Waals surface area contributed by atoms with Crippen LogP contribution in [0.3, 0.4) is 0 Å². The number of benzene rings is 2. The summed E-state index contributed by atoms with van der Waals surface area (Å²) in [6, 6.07) is 7.95. The highest BCUT2D eigenvalue weighted by molar-refractivity contribution is 9.11. The van der Waals surface area contributed by atoms with Gasteiger partial charge in [0.05, 0.1) is 16.2 Å². The van der Waals surface area contributed by atoms with Gasteiger partial charge in [0.1, 0.15) is 10.3 Å². The summed E-state index contributed by atoms with van der Waals surface area (Å²) in [6.45, 7) is 0. The molecule has 0 atom stereocenters. The average Bonchev–Trinajstić information content (AvgIpc) is 2.42. The fourth-order valence-corrected chi connectivity index (χ4v) is 2.55. The third-order valence-electron chi connectivity index (χ3n) is 2.60. The summed E-state index contributed by atoms with van der Waals surface area (Å²) in [6.07, 6.45) is 0. The fraction of sp³-hybridized carbons (Fsp3) is 0. The third kappa shape index (κ3) is 3.45. The van der Waals surface area contributed by atoms with Gasteiger partial charge in [-0.05, 0) is 56.1 Å². The van der Waals surface area contributed by atoms with Crippen LogP contribution in [0.4, 0.5) is 15.8 Å². The number of rotatable bonds is 3. The third-order valence-corrected chi connectivity index (χ3v) is 4.12. The molecule has 1 amide bonds. The van der Waals surface area contributed by atoms with Crippen molar-refractivity contribution in [1.82, 2.24) is 0 Å². The van der Waals surface area contributed by atoms with Crippen LogP contribution in [-0.4, -0.2) is 10.8 Å². The molecular weight excluding hydrogens is 411 g/mol. The summed E-state index contributed by atoms with van der Waals surface area (Å²) in [4.78, 5) is 22.4. The first-order valence-electron chi connectivity index (χ1n) is 5.59. The molecule has 0 spiro atoms. The first-order valence-corrected chi connectivity index (χ1v) is 7.18. The summed E-state index contributed by atoms with van der Waals surface area (Å²) in [5.41, 5.74) is 0.0970. The zero-order valence-corrected chi connectivity index (χ0v) is 13.4. The Kier molecular flexibility index (Phi) is 4.69. The number of anilines is 1. The number of hydrogen-bond acceptors (Lipinski definition) is 3. The van der Waals surface area contributed by atoms with E-state index in [-0.39, 0.29) is 21.4 Å². The number of nitrogens with zero attached hydrogens (tertiary/aromatic N) is 1. The minimum atomic E-state index is -0.598. The highest BCUT2D eigenvalue weighted by atomic mass is 79.9. The van der Waals surface area contributed by atoms with E-state index < -0.39 is 16.6 Å². The Morgan fingerprint density at radius 3 is 2.62 bits per heavy atom. The lowest BCUT2D eigenvalue weighted by Gasteiger charge is -2.09. The maximum Gasteiger partial charge on any atom is 0.284 e. The molecule has 0 fully saturated rings. The number of carbonyl (C=O) groups excluding carboxylic acids is 1. The number of halogens is 3. The lowest BCUT2D eigenvalue weighted by Crippen LogP contribution is -2.13. The van der Waals surface area contributed by atoms with E-state index in [0.717, 1.165) is 6.07 Å². The van der Waals surface area contributed by atoms with Gasteiger partial charge in [-0.3, -0.25) is 14.9 Å². The Hall–Kier alpha value is -1.80. The summed E-state index contributed by atoms with van der Waals surface area (Å²) in [7, 11) is 0. The quantitative estimate of drug-likeness (QED) is 0.589. The van der Waals surface area contributed by atoms with Crippen molar-refractivity contribution in [3.05, 3.63) is 66.8 Å². The first kappa shape index (κ1) is 15.6. The van der Waals surface area contributed by atoms with Crippen LogP contribution >= 0.6 is 31.9 Å². The zero-order valence-electron chi connectivity index (χ0n) is 10.3. The van der Waals surface area contributed by atoms with Gasteiger partial charge in [-0.15, -0.1) is 0 Å². The van der Waals surface area contributed by atoms with Crippen molar-refractivity contribution in [2.45, 2.75) is 0 Å². The van der Waals surface area contributed by atoms with Crippen molar-refractivity contribution in [1.29, 1.82) is 0 Å². The molecule has 0 aliphatic carbocycles. The molecule has 0 radical (unpaired) electrons. The van der Waals surface area contributed by atoms with Crippen LogP contribution in [0.25, 0.3) is 0 Å². The van der Waals surface area contributed by atoms with E-state index >= 15 is 0 Å². The molecule has 0 saturated carbocycles. The second-order valence-corrected chi connectivity index (χ2v) is 5.62. The van der Waals surface area contributed by atoms with E-state index in [4.69, 9.17) is 0 Å². The van der Waals surface area contributed by atoms with Gasteiger partial charge in [0.15, 0.2) is 0 Å². The van der Waals surface area contributed by atoms with Crippen molar-refractivity contribution in [3.63, 3.8) is 0 Å². The van der Waals surface area contributed by atoms with Gasteiger partial charge >= 0.3 is 0 Å². The number of amides is 1. The van der Waals surface area contributed by atoms with E-state index in [2.05, 4.69) is 37.2 Å². The maximum absolute atomic E-state index is 13.2. The molecule has 108 valence electrons. The van der Waals surface area contributed by atoms with Crippen molar-refractivity contribution in [3.8, 4) is 0 Å². The lowest BCUT2D eigenvalue weighted by molar-refractivity contribution is -0.385. The standard InChI is InChI=1S/C13H7Br2FN2O3/c14-9-5-4-7(16)6-10(9)17-13(19)8-2-1-3-11(12(8)15)18(20)21/h1-6H,(H,17,19). The Bertz CT molecular complexity index is 737. The summed E-state index contributed by atoms with van der Waals surface area (Å²) >= 11 is 6.23. The van der Waals surface area contributed by atoms with Gasteiger partial charge in [0.2, 0.25) is 0 Å². The van der Waals surface area contributed by atoms with Crippen LogP contribution in [0.1, 0.15) is 10.4 Å². The highest BCUT2D eigenvalue weighted by Gasteiger charge is 2.20. The molecule has 1 N–H and O–H groups in total. The second kappa shape index (κ2) is 6.31. The summed E-state index contributed by atoms with van der Waals surface area (Å²) in [5, 5.41) is 13.3. The highest BCUT2D eigenvalue weighted by Crippen LogP contribution is 2.30. The predicted octanol–water partition coefficient (Wildman–Crippen LogP) is 4.51. The molecule has 0 saturated heterocycles. The van der Waals surface area contributed by atoms with E-state index in [9.17, 15) is 19.3 Å². The van der Waals surface area contributed by atoms with Gasteiger partial charge < -0.3 is 5.32 Å². The van der Waals surface area contributed by atoms with E-state index in [0.29, 0.717) is 4.47 Å². The smallest absolute Gasteiger partial charge is 0.284 e. The van der Waals surface area contributed by atoms with Gasteiger partial charge in [-0.25, -0.2) is 4.39 Å². The molecule has 0 aliphatic rings. The number of hydrogen-bond donors (Lipinski definition) is 1. The molecular formula is C13H7Br2FN2O3. The SMILES string of the molecule is O=C(Nc1cc(F)ccc1Br)c1cccc([N+](=O)[O-])c1Br. The van der Waals surface area contributed by atoms with Crippen LogP contribution < -0.4 is 5.32 Å². The van der Waals surface area contributed by atoms with Gasteiger partial charge in [-0.1, -0.05) is 6.07 Å². The van der Waals surface area contributed by atoms with E-state index in [1.54, 1.807) is 0 Å². The predicted molar refractivity (Wildman–Crippen MR) is 82.8 cm³/mol. The molecule has 2 aromatic carbocycles. The normalized spacial score (nSPS) is 10.2. The lowest BCUT2D eigenvalue weighted by atomic mass is 10.2. The van der Waals surface area contributed by atoms with Crippen molar-refractivity contribution >= 4 is 49.1 Å². The molecule has 5 nitrogen and oxygen atoms in total. The molecule has 0 bridgehead atoms. The molecule has 0 heterocycles. The summed E-state index contributed by atoms with van der Waals surface area (Å²) in [5.74, 6) is -1.09. The van der Waals surface area contributed by atoms with Gasteiger partial charge in [0, 0.05) is 10.5 Å². The topological polar surface area (TPSA) is 72.2 Å². The number of nitrogens with one attached hydrogen (secondary N) is 1. The molecule has 8 heteroatoms. The van der Waals surface area contributed by atoms with Crippen LogP contribution in [0.5, 0.6) is 0 Å². The molecule has 0 unspecified atom stereocenters. The molecule has 0 aliphatic heterocycles. The number of nitro groups is 1. The van der Waals surface area contributed by atoms with Crippen molar-refractivity contribution in [2.24, 2.45) is 0 Å². The van der Waals surface area contributed by atoms with Crippen molar-refractivity contribution < 1.29 is 14.1 Å². The van der Waals surface area contributed by atoms with Crippen LogP contribution in [0.2, 0.25) is 0 Å². The van der Waals surface area contributed by atoms with Crippen molar-refractivity contribution in [2.75, 3.05) is 5.32 Å². The second-order valence-electron chi connectivity index (χ2n) is 3.97. The maximum atomic E-state index is 13.2. The molecule has 21 heavy (non-hydrogen) atoms. The zero-order chi connectivity index (χ0) is 15.6. The van der Waals surface area contributed by atoms with Gasteiger partial charge in [-0.2, -0.15) is 0 Å². The first-order chi connectivity index (χ1) is 9.90. The number of nitro benzene ring substituents is 1. The summed E-state index contributed by atoms with van der Waals surface area (Å²) < 4.78 is 13.7. The minimum Gasteiger partial charge on any atom is -0.321 e. The molecule has 0 aromatic heterocycles. The molecule has 2 aromatic rings. The Labute approximate surface area is 135 Å².